The van der Waals surface area contributed by atoms with Crippen LogP contribution in [-0.4, -0.2) is 89.2 Å². The number of aliphatic hydroxyl groups excluding tert-OH is 2. The molecule has 0 radical (unpaired) electrons. The molecular formula is C69H124O12. The van der Waals surface area contributed by atoms with Gasteiger partial charge in [0.15, 0.2) is 24.6 Å². The van der Waals surface area contributed by atoms with Gasteiger partial charge in [0.05, 0.1) is 6.61 Å². The molecule has 81 heavy (non-hydrogen) atoms. The molecule has 6 unspecified atom stereocenters. The number of ether oxygens (including phenoxy) is 5. The van der Waals surface area contributed by atoms with Crippen molar-refractivity contribution in [1.82, 2.24) is 0 Å². The van der Waals surface area contributed by atoms with Crippen molar-refractivity contribution in [2.45, 2.75) is 366 Å². The van der Waals surface area contributed by atoms with Gasteiger partial charge in [0.25, 0.3) is 0 Å². The number of esters is 3. The molecule has 0 amide bonds. The molecule has 0 aliphatic carbocycles. The van der Waals surface area contributed by atoms with Crippen LogP contribution in [0.4, 0.5) is 0 Å². The number of allylic oxidation sites excluding steroid dienone is 6. The Balaban J connectivity index is 2.63. The highest BCUT2D eigenvalue weighted by atomic mass is 16.7. The van der Waals surface area contributed by atoms with E-state index in [9.17, 15) is 34.5 Å². The minimum Gasteiger partial charge on any atom is -0.479 e. The standard InChI is InChI=1S/C69H124O12/c1-4-7-10-13-16-19-22-25-28-30-31-33-36-39-42-45-48-51-54-57-63(72)80-67-65(74)64(73)66(68(75)76)81-69(67)78-59-60(79-62(71)56-53-50-47-44-41-38-34-27-24-21-18-15-12-9-6-3)58-77-61(70)55-52-49-46-43-40-37-35-32-29-26-23-20-17-14-11-8-5-2/h16,19,25,27-28,34,60,64-67,69,73-74H,4-15,17-18,20-24,26,29-33,35-59H2,1-3H3,(H,75,76)/b19-16-,28-25-,34-27-. The van der Waals surface area contributed by atoms with Gasteiger partial charge in [-0.15, -0.1) is 0 Å². The lowest BCUT2D eigenvalue weighted by Gasteiger charge is -2.40. The van der Waals surface area contributed by atoms with Crippen molar-refractivity contribution in [2.24, 2.45) is 0 Å². The van der Waals surface area contributed by atoms with E-state index in [4.69, 9.17) is 23.7 Å². The Labute approximate surface area is 495 Å². The van der Waals surface area contributed by atoms with E-state index in [1.165, 1.54) is 173 Å². The Kier molecular flexibility index (Phi) is 53.8. The molecule has 1 aliphatic rings. The normalized spacial score (nSPS) is 17.9. The molecule has 1 saturated heterocycles. The van der Waals surface area contributed by atoms with Gasteiger partial charge >= 0.3 is 23.9 Å². The van der Waals surface area contributed by atoms with Gasteiger partial charge < -0.3 is 39.0 Å². The molecule has 6 atom stereocenters. The summed E-state index contributed by atoms with van der Waals surface area (Å²) in [5, 5.41) is 31.6. The number of unbranched alkanes of at least 4 members (excludes halogenated alkanes) is 39. The fourth-order valence-corrected chi connectivity index (χ4v) is 10.5. The molecule has 0 aromatic heterocycles. The van der Waals surface area contributed by atoms with Crippen LogP contribution in [0.3, 0.4) is 0 Å². The smallest absolute Gasteiger partial charge is 0.335 e. The quantitative estimate of drug-likeness (QED) is 0.0228. The first kappa shape index (κ1) is 76.0. The van der Waals surface area contributed by atoms with Gasteiger partial charge in [-0.25, -0.2) is 4.79 Å². The maximum Gasteiger partial charge on any atom is 0.335 e. The topological polar surface area (TPSA) is 175 Å². The number of aliphatic carboxylic acids is 1. The maximum atomic E-state index is 13.2. The molecule has 0 bridgehead atoms. The number of carboxylic acids is 1. The highest BCUT2D eigenvalue weighted by Crippen LogP contribution is 2.27. The van der Waals surface area contributed by atoms with Crippen molar-refractivity contribution in [2.75, 3.05) is 13.2 Å². The molecule has 472 valence electrons. The third-order valence-electron chi connectivity index (χ3n) is 15.7. The van der Waals surface area contributed by atoms with Crippen molar-refractivity contribution in [1.29, 1.82) is 0 Å². The zero-order valence-electron chi connectivity index (χ0n) is 52.3. The summed E-state index contributed by atoms with van der Waals surface area (Å²) in [6.45, 7) is 6.02. The second-order valence-corrected chi connectivity index (χ2v) is 23.5. The van der Waals surface area contributed by atoms with Crippen LogP contribution in [0.15, 0.2) is 36.5 Å². The summed E-state index contributed by atoms with van der Waals surface area (Å²) in [7, 11) is 0. The Morgan fingerprint density at radius 1 is 0.407 bits per heavy atom. The molecule has 1 heterocycles. The summed E-state index contributed by atoms with van der Waals surface area (Å²) in [5.74, 6) is -3.10. The SMILES string of the molecule is CCCCC/C=C\C/C=C\CCCCCCCCCCCC(=O)OC1C(OCC(COC(=O)CCCCCCCCCCCCCCCCCCC)OC(=O)CCCCCCC/C=C\CCCCCCCC)OC(C(=O)O)C(O)C1O. The fraction of sp³-hybridized carbons (Fsp3) is 0.855. The predicted octanol–water partition coefficient (Wildman–Crippen LogP) is 18.4. The zero-order chi connectivity index (χ0) is 58.9. The number of carbonyl (C=O) groups is 4. The first-order valence-electron chi connectivity index (χ1n) is 34.0. The van der Waals surface area contributed by atoms with E-state index in [1.807, 2.05) is 0 Å². The van der Waals surface area contributed by atoms with Gasteiger partial charge in [-0.3, -0.25) is 14.4 Å². The van der Waals surface area contributed by atoms with E-state index in [-0.39, 0.29) is 25.9 Å². The molecule has 1 fully saturated rings. The first-order chi connectivity index (χ1) is 39.6. The predicted molar refractivity (Wildman–Crippen MR) is 331 cm³/mol. The first-order valence-corrected chi connectivity index (χ1v) is 34.0. The Morgan fingerprint density at radius 2 is 0.741 bits per heavy atom. The minimum absolute atomic E-state index is 0.0581. The average molecular weight is 1150 g/mol. The van der Waals surface area contributed by atoms with Gasteiger partial charge in [-0.05, 0) is 77.0 Å². The molecule has 12 heteroatoms. The molecule has 3 N–H and O–H groups in total. The summed E-state index contributed by atoms with van der Waals surface area (Å²) in [6, 6.07) is 0. The lowest BCUT2D eigenvalue weighted by atomic mass is 9.98. The Hall–Kier alpha value is -3.06. The molecule has 0 aromatic carbocycles. The minimum atomic E-state index is -1.90. The van der Waals surface area contributed by atoms with E-state index in [1.54, 1.807) is 0 Å². The van der Waals surface area contributed by atoms with Crippen molar-refractivity contribution in [3.63, 3.8) is 0 Å². The van der Waals surface area contributed by atoms with Gasteiger partial charge in [0.2, 0.25) is 0 Å². The maximum absolute atomic E-state index is 13.2. The van der Waals surface area contributed by atoms with Gasteiger partial charge in [-0.2, -0.15) is 0 Å². The van der Waals surface area contributed by atoms with E-state index >= 15 is 0 Å². The summed E-state index contributed by atoms with van der Waals surface area (Å²) in [5.41, 5.74) is 0. The van der Waals surface area contributed by atoms with Gasteiger partial charge in [0.1, 0.15) is 18.8 Å². The Bertz CT molecular complexity index is 1550. The van der Waals surface area contributed by atoms with Gasteiger partial charge in [0, 0.05) is 19.3 Å². The highest BCUT2D eigenvalue weighted by molar-refractivity contribution is 5.74. The van der Waals surface area contributed by atoms with E-state index in [0.29, 0.717) is 19.3 Å². The number of carbonyl (C=O) groups excluding carboxylic acids is 3. The number of hydrogen-bond acceptors (Lipinski definition) is 11. The number of aliphatic hydroxyl groups is 2. The monoisotopic (exact) mass is 1140 g/mol. The summed E-state index contributed by atoms with van der Waals surface area (Å²) in [4.78, 5) is 51.4. The Morgan fingerprint density at radius 3 is 1.15 bits per heavy atom. The van der Waals surface area contributed by atoms with Crippen LogP contribution in [0.25, 0.3) is 0 Å². The largest absolute Gasteiger partial charge is 0.479 e. The van der Waals surface area contributed by atoms with Crippen LogP contribution in [0, 0.1) is 0 Å². The molecule has 0 saturated carbocycles. The third-order valence-corrected chi connectivity index (χ3v) is 15.7. The fourth-order valence-electron chi connectivity index (χ4n) is 10.5. The highest BCUT2D eigenvalue weighted by Gasteiger charge is 2.50. The van der Waals surface area contributed by atoms with Crippen molar-refractivity contribution in [3.05, 3.63) is 36.5 Å². The lowest BCUT2D eigenvalue weighted by molar-refractivity contribution is -0.301. The second kappa shape index (κ2) is 57.4. The van der Waals surface area contributed by atoms with Crippen LogP contribution in [-0.2, 0) is 42.9 Å². The van der Waals surface area contributed by atoms with Crippen LogP contribution in [0.2, 0.25) is 0 Å². The van der Waals surface area contributed by atoms with Crippen molar-refractivity contribution < 1.29 is 58.2 Å². The van der Waals surface area contributed by atoms with Crippen molar-refractivity contribution >= 4 is 23.9 Å². The molecule has 0 aromatic rings. The zero-order valence-corrected chi connectivity index (χ0v) is 52.3. The van der Waals surface area contributed by atoms with E-state index in [0.717, 1.165) is 96.3 Å². The summed E-state index contributed by atoms with van der Waals surface area (Å²) >= 11 is 0. The third kappa shape index (κ3) is 46.9. The van der Waals surface area contributed by atoms with Crippen LogP contribution in [0.1, 0.15) is 329 Å². The average Bonchev–Trinajstić information content (AvgIpc) is 3.54. The van der Waals surface area contributed by atoms with Gasteiger partial charge in [-0.1, -0.05) is 269 Å². The number of carboxylic acid groups (broad SMARTS) is 1. The van der Waals surface area contributed by atoms with E-state index < -0.39 is 67.3 Å². The lowest BCUT2D eigenvalue weighted by Crippen LogP contribution is -2.61. The summed E-state index contributed by atoms with van der Waals surface area (Å²) < 4.78 is 28.6. The molecule has 0 spiro atoms. The van der Waals surface area contributed by atoms with Crippen LogP contribution < -0.4 is 0 Å². The number of rotatable bonds is 59. The van der Waals surface area contributed by atoms with E-state index in [2.05, 4.69) is 57.2 Å². The number of hydrogen-bond donors (Lipinski definition) is 3. The molecule has 1 rings (SSSR count). The van der Waals surface area contributed by atoms with Crippen LogP contribution in [0.5, 0.6) is 0 Å². The second-order valence-electron chi connectivity index (χ2n) is 23.5. The summed E-state index contributed by atoms with van der Waals surface area (Å²) in [6.07, 6.45) is 56.7. The molecule has 1 aliphatic heterocycles. The van der Waals surface area contributed by atoms with Crippen molar-refractivity contribution in [3.8, 4) is 0 Å². The molecule has 12 nitrogen and oxygen atoms in total. The van der Waals surface area contributed by atoms with Crippen LogP contribution >= 0.6 is 0 Å². The molecular weight excluding hydrogens is 1020 g/mol.